The monoisotopic (exact) mass is 538 g/mol. The van der Waals surface area contributed by atoms with E-state index < -0.39 is 29.4 Å². The number of unbranched alkanes of at least 4 members (excludes halogenated alkanes) is 1. The van der Waals surface area contributed by atoms with Gasteiger partial charge in [0.05, 0.1) is 16.9 Å². The van der Waals surface area contributed by atoms with Crippen LogP contribution in [-0.4, -0.2) is 39.6 Å². The number of nitrogens with zero attached hydrogens (tertiary/aromatic N) is 3. The lowest BCUT2D eigenvalue weighted by atomic mass is 10.1. The number of hydrogen-bond donors (Lipinski definition) is 1. The van der Waals surface area contributed by atoms with Crippen molar-refractivity contribution in [3.63, 3.8) is 0 Å². The van der Waals surface area contributed by atoms with Crippen molar-refractivity contribution >= 4 is 17.6 Å². The highest BCUT2D eigenvalue weighted by Gasteiger charge is 2.31. The molecule has 10 heteroatoms. The molecule has 0 aliphatic rings. The summed E-state index contributed by atoms with van der Waals surface area (Å²) in [6, 6.07) is 20.6. The van der Waals surface area contributed by atoms with Gasteiger partial charge in [-0.1, -0.05) is 49.7 Å². The minimum atomic E-state index is -4.60. The zero-order valence-corrected chi connectivity index (χ0v) is 21.1. The Bertz CT molecular complexity index is 1430. The number of aromatic nitrogens is 2. The molecule has 0 aliphatic heterocycles. The lowest BCUT2D eigenvalue weighted by Crippen LogP contribution is -2.39. The van der Waals surface area contributed by atoms with Gasteiger partial charge in [-0.3, -0.25) is 9.59 Å². The average Bonchev–Trinajstić information content (AvgIpc) is 3.34. The van der Waals surface area contributed by atoms with Crippen LogP contribution in [0.3, 0.4) is 0 Å². The van der Waals surface area contributed by atoms with Crippen molar-refractivity contribution in [2.75, 3.05) is 18.4 Å². The normalized spacial score (nSPS) is 11.3. The molecule has 0 radical (unpaired) electrons. The Labute approximate surface area is 222 Å². The molecule has 3 aromatic carbocycles. The fraction of sp³-hybridized carbons (Fsp3) is 0.207. The Morgan fingerprint density at radius 3 is 2.33 bits per heavy atom. The second kappa shape index (κ2) is 11.9. The quantitative estimate of drug-likeness (QED) is 0.245. The smallest absolute Gasteiger partial charge is 0.329 e. The maximum Gasteiger partial charge on any atom is 0.416 e. The summed E-state index contributed by atoms with van der Waals surface area (Å²) >= 11 is 0. The van der Waals surface area contributed by atoms with Crippen molar-refractivity contribution in [2.24, 2.45) is 0 Å². The number of amides is 2. The highest BCUT2D eigenvalue weighted by molar-refractivity contribution is 5.99. The third-order valence-electron chi connectivity index (χ3n) is 5.96. The molecule has 1 N–H and O–H groups in total. The SMILES string of the molecule is CCCCN(CC(=O)Nc1cc(-c2ccccc2)nn1-c1ccc(F)cc1)C(=O)c1cccc(C(F)(F)F)c1. The number of rotatable bonds is 9. The number of nitrogens with one attached hydrogen (secondary N) is 1. The lowest BCUT2D eigenvalue weighted by Gasteiger charge is -2.22. The Kier molecular flexibility index (Phi) is 8.43. The average molecular weight is 539 g/mol. The molecule has 1 heterocycles. The number of benzene rings is 3. The first-order valence-corrected chi connectivity index (χ1v) is 12.3. The highest BCUT2D eigenvalue weighted by Crippen LogP contribution is 2.30. The van der Waals surface area contributed by atoms with Gasteiger partial charge >= 0.3 is 6.18 Å². The summed E-state index contributed by atoms with van der Waals surface area (Å²) in [6.45, 7) is 1.70. The van der Waals surface area contributed by atoms with E-state index in [2.05, 4.69) is 10.4 Å². The first-order chi connectivity index (χ1) is 18.7. The summed E-state index contributed by atoms with van der Waals surface area (Å²) in [5.74, 6) is -1.39. The summed E-state index contributed by atoms with van der Waals surface area (Å²) in [6.07, 6.45) is -3.33. The Hall–Kier alpha value is -4.47. The third kappa shape index (κ3) is 6.90. The van der Waals surface area contributed by atoms with Gasteiger partial charge in [0.1, 0.15) is 18.2 Å². The van der Waals surface area contributed by atoms with E-state index >= 15 is 0 Å². The summed E-state index contributed by atoms with van der Waals surface area (Å²) in [7, 11) is 0. The minimum absolute atomic E-state index is 0.156. The van der Waals surface area contributed by atoms with Crippen molar-refractivity contribution in [3.8, 4) is 16.9 Å². The summed E-state index contributed by atoms with van der Waals surface area (Å²) < 4.78 is 54.6. The van der Waals surface area contributed by atoms with Crippen molar-refractivity contribution in [3.05, 3.63) is 102 Å². The van der Waals surface area contributed by atoms with E-state index in [-0.39, 0.29) is 24.5 Å². The van der Waals surface area contributed by atoms with Gasteiger partial charge < -0.3 is 10.2 Å². The van der Waals surface area contributed by atoms with Crippen LogP contribution in [0.1, 0.15) is 35.7 Å². The fourth-order valence-electron chi connectivity index (χ4n) is 3.97. The van der Waals surface area contributed by atoms with Crippen LogP contribution < -0.4 is 5.32 Å². The Morgan fingerprint density at radius 2 is 1.67 bits per heavy atom. The molecule has 0 bridgehead atoms. The van der Waals surface area contributed by atoms with Crippen LogP contribution in [0, 0.1) is 5.82 Å². The van der Waals surface area contributed by atoms with Crippen LogP contribution >= 0.6 is 0 Å². The van der Waals surface area contributed by atoms with E-state index in [9.17, 15) is 27.2 Å². The summed E-state index contributed by atoms with van der Waals surface area (Å²) in [4.78, 5) is 27.5. The molecule has 2 amide bonds. The highest BCUT2D eigenvalue weighted by atomic mass is 19.4. The molecule has 0 aliphatic carbocycles. The largest absolute Gasteiger partial charge is 0.416 e. The van der Waals surface area contributed by atoms with Gasteiger partial charge in [-0.25, -0.2) is 9.07 Å². The van der Waals surface area contributed by atoms with Crippen LogP contribution in [0.5, 0.6) is 0 Å². The van der Waals surface area contributed by atoms with Crippen LogP contribution in [0.25, 0.3) is 16.9 Å². The van der Waals surface area contributed by atoms with Gasteiger partial charge in [-0.05, 0) is 48.9 Å². The zero-order valence-electron chi connectivity index (χ0n) is 21.1. The molecule has 6 nitrogen and oxygen atoms in total. The maximum absolute atomic E-state index is 13.5. The minimum Gasteiger partial charge on any atom is -0.329 e. The standard InChI is InChI=1S/C29H26F4N4O2/c1-2-3-16-36(28(39)21-10-7-11-22(17-21)29(31,32)33)19-27(38)34-26-18-25(20-8-5-4-6-9-20)35-37(26)24-14-12-23(30)13-15-24/h4-15,17-18H,2-3,16,19H2,1H3,(H,34,38). The molecule has 4 rings (SSSR count). The van der Waals surface area contributed by atoms with Crippen LogP contribution in [0.15, 0.2) is 84.9 Å². The molecule has 0 atom stereocenters. The molecule has 0 unspecified atom stereocenters. The van der Waals surface area contributed by atoms with E-state index in [1.807, 2.05) is 37.3 Å². The third-order valence-corrected chi connectivity index (χ3v) is 5.96. The van der Waals surface area contributed by atoms with E-state index in [1.165, 1.54) is 46.0 Å². The first kappa shape index (κ1) is 27.6. The number of carbonyl (C=O) groups is 2. The molecule has 0 saturated heterocycles. The van der Waals surface area contributed by atoms with Gasteiger partial charge in [0.2, 0.25) is 5.91 Å². The molecule has 202 valence electrons. The number of hydrogen-bond acceptors (Lipinski definition) is 3. The second-order valence-electron chi connectivity index (χ2n) is 8.88. The van der Waals surface area contributed by atoms with E-state index in [4.69, 9.17) is 0 Å². The molecule has 39 heavy (non-hydrogen) atoms. The van der Waals surface area contributed by atoms with Gasteiger partial charge in [0, 0.05) is 23.7 Å². The zero-order chi connectivity index (χ0) is 28.0. The molecular weight excluding hydrogens is 512 g/mol. The van der Waals surface area contributed by atoms with Crippen LogP contribution in [0.4, 0.5) is 23.4 Å². The van der Waals surface area contributed by atoms with E-state index in [1.54, 1.807) is 6.07 Å². The Balaban J connectivity index is 1.60. The number of alkyl halides is 3. The van der Waals surface area contributed by atoms with Crippen molar-refractivity contribution in [2.45, 2.75) is 25.9 Å². The summed E-state index contributed by atoms with van der Waals surface area (Å²) in [5.41, 5.74) is 0.745. The molecule has 0 fully saturated rings. The fourth-order valence-corrected chi connectivity index (χ4v) is 3.97. The molecule has 0 spiro atoms. The summed E-state index contributed by atoms with van der Waals surface area (Å²) in [5, 5.41) is 7.33. The van der Waals surface area contributed by atoms with Crippen molar-refractivity contribution in [1.82, 2.24) is 14.7 Å². The molecule has 1 aromatic heterocycles. The van der Waals surface area contributed by atoms with Gasteiger partial charge in [-0.2, -0.15) is 18.3 Å². The van der Waals surface area contributed by atoms with Gasteiger partial charge in [0.25, 0.3) is 5.91 Å². The van der Waals surface area contributed by atoms with Gasteiger partial charge in [-0.15, -0.1) is 0 Å². The lowest BCUT2D eigenvalue weighted by molar-refractivity contribution is -0.137. The molecular formula is C29H26F4N4O2. The van der Waals surface area contributed by atoms with E-state index in [0.29, 0.717) is 24.2 Å². The van der Waals surface area contributed by atoms with Crippen molar-refractivity contribution in [1.29, 1.82) is 0 Å². The van der Waals surface area contributed by atoms with Gasteiger partial charge in [0.15, 0.2) is 0 Å². The first-order valence-electron chi connectivity index (χ1n) is 12.3. The number of carbonyl (C=O) groups excluding carboxylic acids is 2. The predicted molar refractivity (Wildman–Crippen MR) is 140 cm³/mol. The van der Waals surface area contributed by atoms with Crippen LogP contribution in [-0.2, 0) is 11.0 Å². The van der Waals surface area contributed by atoms with Crippen molar-refractivity contribution < 1.29 is 27.2 Å². The Morgan fingerprint density at radius 1 is 0.949 bits per heavy atom. The molecule has 4 aromatic rings. The number of anilines is 1. The number of halogens is 4. The predicted octanol–water partition coefficient (Wildman–Crippen LogP) is 6.58. The topological polar surface area (TPSA) is 67.2 Å². The van der Waals surface area contributed by atoms with Crippen LogP contribution in [0.2, 0.25) is 0 Å². The molecule has 0 saturated carbocycles. The maximum atomic E-state index is 13.5. The van der Waals surface area contributed by atoms with E-state index in [0.717, 1.165) is 17.7 Å². The second-order valence-corrected chi connectivity index (χ2v) is 8.88.